The minimum Gasteiger partial charge on any atom is -0.334 e. The van der Waals surface area contributed by atoms with Crippen LogP contribution in [-0.2, 0) is 16.4 Å². The van der Waals surface area contributed by atoms with Gasteiger partial charge in [-0.15, -0.1) is 0 Å². The first kappa shape index (κ1) is 18.0. The number of nitrogens with zero attached hydrogens (tertiary/aromatic N) is 5. The van der Waals surface area contributed by atoms with Crippen molar-refractivity contribution in [2.75, 3.05) is 24.6 Å². The Bertz CT molecular complexity index is 1260. The fraction of sp³-hybridized carbons (Fsp3) is 0.250. The van der Waals surface area contributed by atoms with E-state index in [9.17, 15) is 8.42 Å². The second-order valence-corrected chi connectivity index (χ2v) is 9.44. The van der Waals surface area contributed by atoms with Crippen LogP contribution in [0.2, 0.25) is 0 Å². The van der Waals surface area contributed by atoms with Gasteiger partial charge in [-0.25, -0.2) is 12.9 Å². The Morgan fingerprint density at radius 2 is 1.93 bits per heavy atom. The molecular formula is C20H19N5O3S. The Labute approximate surface area is 167 Å². The number of hydrogen-bond donors (Lipinski definition) is 0. The third-order valence-electron chi connectivity index (χ3n) is 5.11. The Morgan fingerprint density at radius 3 is 2.79 bits per heavy atom. The molecule has 0 aliphatic carbocycles. The van der Waals surface area contributed by atoms with Crippen LogP contribution in [0.3, 0.4) is 0 Å². The fourth-order valence-corrected chi connectivity index (χ4v) is 4.80. The summed E-state index contributed by atoms with van der Waals surface area (Å²) in [5, 5.41) is 8.44. The summed E-state index contributed by atoms with van der Waals surface area (Å²) >= 11 is 0. The molecule has 29 heavy (non-hydrogen) atoms. The summed E-state index contributed by atoms with van der Waals surface area (Å²) in [5.74, 6) is 1.38. The zero-order valence-corrected chi connectivity index (χ0v) is 16.4. The van der Waals surface area contributed by atoms with Crippen molar-refractivity contribution in [3.05, 3.63) is 60.4 Å². The number of benzene rings is 1. The molecule has 4 aromatic rings. The molecule has 0 spiro atoms. The van der Waals surface area contributed by atoms with E-state index in [1.54, 1.807) is 10.7 Å². The molecule has 9 heteroatoms. The highest BCUT2D eigenvalue weighted by atomic mass is 32.2. The Kier molecular flexibility index (Phi) is 4.40. The van der Waals surface area contributed by atoms with E-state index in [-0.39, 0.29) is 11.5 Å². The lowest BCUT2D eigenvalue weighted by Gasteiger charge is -2.26. The molecule has 5 rings (SSSR count). The predicted octanol–water partition coefficient (Wildman–Crippen LogP) is 2.28. The second-order valence-electron chi connectivity index (χ2n) is 7.14. The highest BCUT2D eigenvalue weighted by Gasteiger charge is 2.22. The summed E-state index contributed by atoms with van der Waals surface area (Å²) in [6, 6.07) is 13.7. The van der Waals surface area contributed by atoms with E-state index in [1.165, 1.54) is 0 Å². The molecule has 1 fully saturated rings. The highest BCUT2D eigenvalue weighted by Crippen LogP contribution is 2.26. The quantitative estimate of drug-likeness (QED) is 0.510. The monoisotopic (exact) mass is 409 g/mol. The van der Waals surface area contributed by atoms with Gasteiger partial charge in [0, 0.05) is 31.4 Å². The van der Waals surface area contributed by atoms with Gasteiger partial charge in [0.15, 0.2) is 9.84 Å². The van der Waals surface area contributed by atoms with Crippen LogP contribution in [0.5, 0.6) is 0 Å². The minimum absolute atomic E-state index is 0.222. The van der Waals surface area contributed by atoms with Crippen molar-refractivity contribution >= 4 is 15.4 Å². The number of fused-ring (bicyclic) bond motifs is 1. The SMILES string of the molecule is O=S1(=O)CCN(Cc2cccc(-c3nc(-c4cnn5ccccc45)no3)c2)CC1. The van der Waals surface area contributed by atoms with Gasteiger partial charge in [-0.05, 0) is 29.8 Å². The van der Waals surface area contributed by atoms with Gasteiger partial charge in [0.05, 0.1) is 28.8 Å². The lowest BCUT2D eigenvalue weighted by Crippen LogP contribution is -2.39. The summed E-state index contributed by atoms with van der Waals surface area (Å²) < 4.78 is 30.5. The Balaban J connectivity index is 1.38. The van der Waals surface area contributed by atoms with Crippen LogP contribution < -0.4 is 0 Å². The third-order valence-corrected chi connectivity index (χ3v) is 6.72. The van der Waals surface area contributed by atoms with Crippen LogP contribution in [0.1, 0.15) is 5.56 Å². The molecule has 0 radical (unpaired) electrons. The number of rotatable bonds is 4. The van der Waals surface area contributed by atoms with Gasteiger partial charge in [0.1, 0.15) is 0 Å². The summed E-state index contributed by atoms with van der Waals surface area (Å²) in [5.41, 5.74) is 3.64. The van der Waals surface area contributed by atoms with Crippen molar-refractivity contribution in [1.82, 2.24) is 24.7 Å². The molecule has 148 valence electrons. The van der Waals surface area contributed by atoms with Gasteiger partial charge in [-0.1, -0.05) is 23.4 Å². The van der Waals surface area contributed by atoms with Crippen molar-refractivity contribution in [2.24, 2.45) is 0 Å². The van der Waals surface area contributed by atoms with E-state index in [0.29, 0.717) is 31.3 Å². The molecule has 0 N–H and O–H groups in total. The number of aromatic nitrogens is 4. The second kappa shape index (κ2) is 7.09. The molecule has 3 aromatic heterocycles. The van der Waals surface area contributed by atoms with Gasteiger partial charge in [0.25, 0.3) is 5.89 Å². The molecule has 1 aromatic carbocycles. The molecule has 1 saturated heterocycles. The summed E-state index contributed by atoms with van der Waals surface area (Å²) in [7, 11) is -2.88. The molecule has 0 atom stereocenters. The molecule has 1 aliphatic heterocycles. The first-order valence-electron chi connectivity index (χ1n) is 9.36. The molecule has 4 heterocycles. The van der Waals surface area contributed by atoms with E-state index in [4.69, 9.17) is 4.52 Å². The molecular weight excluding hydrogens is 390 g/mol. The van der Waals surface area contributed by atoms with E-state index in [0.717, 1.165) is 22.2 Å². The van der Waals surface area contributed by atoms with Crippen molar-refractivity contribution < 1.29 is 12.9 Å². The molecule has 8 nitrogen and oxygen atoms in total. The first-order chi connectivity index (χ1) is 14.1. The molecule has 0 saturated carbocycles. The highest BCUT2D eigenvalue weighted by molar-refractivity contribution is 7.91. The van der Waals surface area contributed by atoms with Gasteiger partial charge in [-0.2, -0.15) is 10.1 Å². The Hall–Kier alpha value is -3.04. The zero-order chi connectivity index (χ0) is 19.8. The van der Waals surface area contributed by atoms with Crippen molar-refractivity contribution in [1.29, 1.82) is 0 Å². The smallest absolute Gasteiger partial charge is 0.258 e. The normalized spacial score (nSPS) is 17.0. The zero-order valence-electron chi connectivity index (χ0n) is 15.6. The van der Waals surface area contributed by atoms with Gasteiger partial charge >= 0.3 is 0 Å². The lowest BCUT2D eigenvalue weighted by atomic mass is 10.1. The van der Waals surface area contributed by atoms with Crippen LogP contribution in [-0.4, -0.2) is 57.7 Å². The summed E-state index contributed by atoms with van der Waals surface area (Å²) in [6.45, 7) is 1.82. The average molecular weight is 409 g/mol. The third kappa shape index (κ3) is 3.66. The number of pyridine rings is 1. The van der Waals surface area contributed by atoms with Crippen molar-refractivity contribution in [2.45, 2.75) is 6.54 Å². The van der Waals surface area contributed by atoms with Crippen LogP contribution in [0.15, 0.2) is 59.4 Å². The molecule has 0 unspecified atom stereocenters. The number of sulfone groups is 1. The van der Waals surface area contributed by atoms with E-state index in [2.05, 4.69) is 20.1 Å². The minimum atomic E-state index is -2.88. The largest absolute Gasteiger partial charge is 0.334 e. The lowest BCUT2D eigenvalue weighted by molar-refractivity contribution is 0.287. The maximum absolute atomic E-state index is 11.6. The first-order valence-corrected chi connectivity index (χ1v) is 11.2. The topological polar surface area (TPSA) is 93.6 Å². The van der Waals surface area contributed by atoms with Crippen LogP contribution in [0.25, 0.3) is 28.4 Å². The molecule has 1 aliphatic rings. The standard InChI is InChI=1S/C20H19N5O3S/c26-29(27)10-8-24(9-11-29)14-15-4-3-5-16(12-15)20-22-19(23-28-20)17-13-21-25-7-2-1-6-18(17)25/h1-7,12-13H,8-11,14H2. The van der Waals surface area contributed by atoms with Crippen LogP contribution in [0, 0.1) is 0 Å². The molecule has 0 amide bonds. The van der Waals surface area contributed by atoms with Gasteiger partial charge in [0.2, 0.25) is 5.82 Å². The van der Waals surface area contributed by atoms with E-state index >= 15 is 0 Å². The van der Waals surface area contributed by atoms with E-state index < -0.39 is 9.84 Å². The fourth-order valence-electron chi connectivity index (χ4n) is 3.53. The maximum atomic E-state index is 11.6. The van der Waals surface area contributed by atoms with Crippen molar-refractivity contribution in [3.63, 3.8) is 0 Å². The predicted molar refractivity (Wildman–Crippen MR) is 108 cm³/mol. The maximum Gasteiger partial charge on any atom is 0.258 e. The number of hydrogen-bond acceptors (Lipinski definition) is 7. The Morgan fingerprint density at radius 1 is 1.07 bits per heavy atom. The molecule has 0 bridgehead atoms. The van der Waals surface area contributed by atoms with Gasteiger partial charge in [-0.3, -0.25) is 4.90 Å². The van der Waals surface area contributed by atoms with Crippen LogP contribution >= 0.6 is 0 Å². The van der Waals surface area contributed by atoms with Crippen molar-refractivity contribution in [3.8, 4) is 22.8 Å². The average Bonchev–Trinajstić information content (AvgIpc) is 3.37. The summed E-state index contributed by atoms with van der Waals surface area (Å²) in [4.78, 5) is 6.71. The summed E-state index contributed by atoms with van der Waals surface area (Å²) in [6.07, 6.45) is 3.60. The van der Waals surface area contributed by atoms with Crippen LogP contribution in [0.4, 0.5) is 0 Å². The van der Waals surface area contributed by atoms with Gasteiger partial charge < -0.3 is 4.52 Å². The van der Waals surface area contributed by atoms with E-state index in [1.807, 2.05) is 48.7 Å².